The van der Waals surface area contributed by atoms with Gasteiger partial charge < -0.3 is 15.4 Å². The van der Waals surface area contributed by atoms with Crippen LogP contribution in [0.1, 0.15) is 0 Å². The highest BCUT2D eigenvalue weighted by molar-refractivity contribution is 7.99. The summed E-state index contributed by atoms with van der Waals surface area (Å²) >= 11 is 7.14. The fraction of sp³-hybridized carbons (Fsp3) is 0.0500. The molecule has 0 fully saturated rings. The van der Waals surface area contributed by atoms with Gasteiger partial charge in [0.15, 0.2) is 5.11 Å². The van der Waals surface area contributed by atoms with E-state index in [1.54, 1.807) is 18.9 Å². The number of methoxy groups -OCH3 is 1. The second-order valence-corrected chi connectivity index (χ2v) is 6.74. The molecular formula is C20H18N2OS2. The van der Waals surface area contributed by atoms with Crippen LogP contribution >= 0.6 is 24.0 Å². The fourth-order valence-corrected chi connectivity index (χ4v) is 3.38. The number of ether oxygens (including phenoxy) is 1. The molecular weight excluding hydrogens is 348 g/mol. The summed E-state index contributed by atoms with van der Waals surface area (Å²) in [5, 5.41) is 7.01. The van der Waals surface area contributed by atoms with Crippen LogP contribution in [-0.4, -0.2) is 12.2 Å². The summed E-state index contributed by atoms with van der Waals surface area (Å²) in [4.78, 5) is 2.30. The number of thiocarbonyl (C=S) groups is 1. The molecule has 3 rings (SSSR count). The van der Waals surface area contributed by atoms with Gasteiger partial charge in [-0.15, -0.1) is 0 Å². The summed E-state index contributed by atoms with van der Waals surface area (Å²) in [5.74, 6) is 0.814. The molecule has 0 aliphatic heterocycles. The first-order chi connectivity index (χ1) is 12.2. The Balaban J connectivity index is 1.68. The van der Waals surface area contributed by atoms with Gasteiger partial charge in [-0.1, -0.05) is 42.1 Å². The smallest absolute Gasteiger partial charge is 0.175 e. The van der Waals surface area contributed by atoms with Crippen molar-refractivity contribution in [1.29, 1.82) is 0 Å². The number of rotatable bonds is 5. The first-order valence-electron chi connectivity index (χ1n) is 7.78. The van der Waals surface area contributed by atoms with Crippen molar-refractivity contribution in [3.63, 3.8) is 0 Å². The van der Waals surface area contributed by atoms with E-state index in [-0.39, 0.29) is 0 Å². The number of hydrogen-bond acceptors (Lipinski definition) is 3. The second kappa shape index (κ2) is 8.55. The van der Waals surface area contributed by atoms with E-state index >= 15 is 0 Å². The molecule has 0 unspecified atom stereocenters. The monoisotopic (exact) mass is 366 g/mol. The van der Waals surface area contributed by atoms with Crippen LogP contribution in [0.5, 0.6) is 5.75 Å². The first kappa shape index (κ1) is 17.3. The fourth-order valence-electron chi connectivity index (χ4n) is 2.23. The van der Waals surface area contributed by atoms with Crippen LogP contribution in [0.15, 0.2) is 88.7 Å². The Morgan fingerprint density at radius 1 is 0.840 bits per heavy atom. The average Bonchev–Trinajstić information content (AvgIpc) is 2.65. The molecule has 0 aromatic heterocycles. The molecule has 0 saturated heterocycles. The molecule has 0 saturated carbocycles. The van der Waals surface area contributed by atoms with Gasteiger partial charge in [-0.3, -0.25) is 0 Å². The van der Waals surface area contributed by atoms with E-state index in [0.29, 0.717) is 5.11 Å². The summed E-state index contributed by atoms with van der Waals surface area (Å²) in [6.45, 7) is 0. The minimum Gasteiger partial charge on any atom is -0.497 e. The lowest BCUT2D eigenvalue weighted by Crippen LogP contribution is -2.19. The minimum absolute atomic E-state index is 0.547. The molecule has 5 heteroatoms. The van der Waals surface area contributed by atoms with E-state index in [4.69, 9.17) is 17.0 Å². The predicted octanol–water partition coefficient (Wildman–Crippen LogP) is 5.66. The maximum Gasteiger partial charge on any atom is 0.175 e. The standard InChI is InChI=1S/C20H18N2OS2/c1-23-16-13-11-15(12-14-16)21-20(24)22-18-9-5-6-10-19(18)25-17-7-3-2-4-8-17/h2-14H,1H3,(H2,21,22,24). The van der Waals surface area contributed by atoms with Gasteiger partial charge in [0.2, 0.25) is 0 Å². The van der Waals surface area contributed by atoms with Crippen LogP contribution < -0.4 is 15.4 Å². The zero-order valence-electron chi connectivity index (χ0n) is 13.7. The number of para-hydroxylation sites is 1. The Morgan fingerprint density at radius 2 is 1.52 bits per heavy atom. The van der Waals surface area contributed by atoms with Crippen LogP contribution in [0.2, 0.25) is 0 Å². The van der Waals surface area contributed by atoms with Crippen LogP contribution in [0.25, 0.3) is 0 Å². The molecule has 0 heterocycles. The molecule has 0 amide bonds. The lowest BCUT2D eigenvalue weighted by atomic mass is 10.3. The minimum atomic E-state index is 0.547. The molecule has 0 radical (unpaired) electrons. The molecule has 0 atom stereocenters. The van der Waals surface area contributed by atoms with Gasteiger partial charge in [-0.2, -0.15) is 0 Å². The molecule has 0 spiro atoms. The van der Waals surface area contributed by atoms with Gasteiger partial charge in [0, 0.05) is 15.5 Å². The third-order valence-corrected chi connectivity index (χ3v) is 4.74. The van der Waals surface area contributed by atoms with Crippen molar-refractivity contribution in [3.8, 4) is 5.75 Å². The van der Waals surface area contributed by atoms with E-state index in [1.807, 2.05) is 60.7 Å². The third kappa shape index (κ3) is 4.98. The predicted molar refractivity (Wildman–Crippen MR) is 110 cm³/mol. The van der Waals surface area contributed by atoms with Gasteiger partial charge in [-0.25, -0.2) is 0 Å². The Morgan fingerprint density at radius 3 is 2.24 bits per heavy atom. The quantitative estimate of drug-likeness (QED) is 0.570. The summed E-state index contributed by atoms with van der Waals surface area (Å²) in [7, 11) is 1.65. The van der Waals surface area contributed by atoms with Crippen molar-refractivity contribution in [2.45, 2.75) is 9.79 Å². The van der Waals surface area contributed by atoms with Gasteiger partial charge >= 0.3 is 0 Å². The number of anilines is 2. The molecule has 126 valence electrons. The SMILES string of the molecule is COc1ccc(NC(=S)Nc2ccccc2Sc2ccccc2)cc1. The van der Waals surface area contributed by atoms with Crippen molar-refractivity contribution in [3.05, 3.63) is 78.9 Å². The molecule has 0 aliphatic rings. The van der Waals surface area contributed by atoms with Crippen molar-refractivity contribution in [1.82, 2.24) is 0 Å². The van der Waals surface area contributed by atoms with E-state index in [1.165, 1.54) is 4.90 Å². The lowest BCUT2D eigenvalue weighted by Gasteiger charge is -2.14. The largest absolute Gasteiger partial charge is 0.497 e. The van der Waals surface area contributed by atoms with Crippen LogP contribution in [-0.2, 0) is 0 Å². The average molecular weight is 367 g/mol. The number of nitrogens with one attached hydrogen (secondary N) is 2. The molecule has 25 heavy (non-hydrogen) atoms. The van der Waals surface area contributed by atoms with E-state index in [2.05, 4.69) is 28.8 Å². The van der Waals surface area contributed by atoms with Gasteiger partial charge in [0.1, 0.15) is 5.75 Å². The van der Waals surface area contributed by atoms with Gasteiger partial charge in [-0.05, 0) is 60.7 Å². The van der Waals surface area contributed by atoms with Crippen LogP contribution in [0.3, 0.4) is 0 Å². The molecule has 0 aliphatic carbocycles. The number of hydrogen-bond donors (Lipinski definition) is 2. The second-order valence-electron chi connectivity index (χ2n) is 5.22. The molecule has 3 nitrogen and oxygen atoms in total. The molecule has 0 bridgehead atoms. The van der Waals surface area contributed by atoms with Crippen LogP contribution in [0, 0.1) is 0 Å². The van der Waals surface area contributed by atoms with E-state index in [0.717, 1.165) is 22.0 Å². The first-order valence-corrected chi connectivity index (χ1v) is 9.01. The Bertz CT molecular complexity index is 836. The Hall–Kier alpha value is -2.50. The summed E-state index contributed by atoms with van der Waals surface area (Å²) in [6, 6.07) is 26.0. The lowest BCUT2D eigenvalue weighted by molar-refractivity contribution is 0.415. The van der Waals surface area contributed by atoms with Crippen molar-refractivity contribution in [2.75, 3.05) is 17.7 Å². The third-order valence-electron chi connectivity index (χ3n) is 3.45. The maximum atomic E-state index is 5.44. The maximum absolute atomic E-state index is 5.44. The molecule has 3 aromatic carbocycles. The van der Waals surface area contributed by atoms with E-state index < -0.39 is 0 Å². The van der Waals surface area contributed by atoms with Crippen molar-refractivity contribution >= 4 is 40.5 Å². The van der Waals surface area contributed by atoms with Gasteiger partial charge in [0.25, 0.3) is 0 Å². The zero-order valence-corrected chi connectivity index (χ0v) is 15.4. The summed E-state index contributed by atoms with van der Waals surface area (Å²) < 4.78 is 5.16. The van der Waals surface area contributed by atoms with Gasteiger partial charge in [0.05, 0.1) is 12.8 Å². The van der Waals surface area contributed by atoms with E-state index in [9.17, 15) is 0 Å². The highest BCUT2D eigenvalue weighted by Gasteiger charge is 2.06. The summed E-state index contributed by atoms with van der Waals surface area (Å²) in [6.07, 6.45) is 0. The highest BCUT2D eigenvalue weighted by Crippen LogP contribution is 2.33. The Labute approximate surface area is 157 Å². The zero-order chi connectivity index (χ0) is 17.5. The molecule has 2 N–H and O–H groups in total. The number of benzene rings is 3. The topological polar surface area (TPSA) is 33.3 Å². The van der Waals surface area contributed by atoms with Crippen LogP contribution in [0.4, 0.5) is 11.4 Å². The molecule has 3 aromatic rings. The summed E-state index contributed by atoms with van der Waals surface area (Å²) in [5.41, 5.74) is 1.88. The Kier molecular flexibility index (Phi) is 5.93. The van der Waals surface area contributed by atoms with Crippen molar-refractivity contribution < 1.29 is 4.74 Å². The van der Waals surface area contributed by atoms with Crippen molar-refractivity contribution in [2.24, 2.45) is 0 Å². The normalized spacial score (nSPS) is 10.1. The highest BCUT2D eigenvalue weighted by atomic mass is 32.2.